The van der Waals surface area contributed by atoms with Crippen LogP contribution in [0.25, 0.3) is 11.5 Å². The van der Waals surface area contributed by atoms with Gasteiger partial charge in [0.05, 0.1) is 0 Å². The van der Waals surface area contributed by atoms with Crippen molar-refractivity contribution in [3.8, 4) is 11.5 Å². The fraction of sp³-hybridized carbons (Fsp3) is 0.455. The molecule has 2 aromatic rings. The molecular formula is C11H12N4O4. The second kappa shape index (κ2) is 4.47. The Balaban J connectivity index is 1.77. The molecule has 0 radical (unpaired) electrons. The summed E-state index contributed by atoms with van der Waals surface area (Å²) < 4.78 is 12.1. The summed E-state index contributed by atoms with van der Waals surface area (Å²) >= 11 is 0. The Bertz CT molecular complexity index is 605. The van der Waals surface area contributed by atoms with Gasteiger partial charge in [0.2, 0.25) is 5.82 Å². The number of hydrogen-bond acceptors (Lipinski definition) is 6. The fourth-order valence-corrected chi connectivity index (χ4v) is 2.00. The van der Waals surface area contributed by atoms with E-state index in [9.17, 15) is 4.79 Å². The predicted octanol–water partition coefficient (Wildman–Crippen LogP) is 0.775. The summed E-state index contributed by atoms with van der Waals surface area (Å²) in [6.45, 7) is 0. The standard InChI is InChI=1S/C11H12N4O4/c1-15-5-4-6(13-15)9-12-10(19-14-9)7-2-3-8(18-7)11(16)17/h4-5,7-8H,2-3H2,1H3,(H,16,17). The minimum Gasteiger partial charge on any atom is -0.479 e. The lowest BCUT2D eigenvalue weighted by molar-refractivity contribution is -0.150. The first kappa shape index (κ1) is 11.8. The lowest BCUT2D eigenvalue weighted by Crippen LogP contribution is -2.18. The zero-order valence-corrected chi connectivity index (χ0v) is 10.2. The summed E-state index contributed by atoms with van der Waals surface area (Å²) in [5.74, 6) is -0.297. The second-order valence-corrected chi connectivity index (χ2v) is 4.36. The molecule has 0 spiro atoms. The van der Waals surface area contributed by atoms with Crippen molar-refractivity contribution < 1.29 is 19.2 Å². The van der Waals surface area contributed by atoms with Crippen LogP contribution in [0.4, 0.5) is 0 Å². The van der Waals surface area contributed by atoms with Gasteiger partial charge in [0.15, 0.2) is 6.10 Å². The van der Waals surface area contributed by atoms with Gasteiger partial charge >= 0.3 is 5.97 Å². The van der Waals surface area contributed by atoms with Gasteiger partial charge in [0.1, 0.15) is 11.8 Å². The van der Waals surface area contributed by atoms with Crippen LogP contribution in [0.2, 0.25) is 0 Å². The van der Waals surface area contributed by atoms with Gasteiger partial charge in [-0.15, -0.1) is 0 Å². The number of hydrogen-bond donors (Lipinski definition) is 1. The summed E-state index contributed by atoms with van der Waals surface area (Å²) in [5.41, 5.74) is 0.602. The highest BCUT2D eigenvalue weighted by molar-refractivity contribution is 5.72. The van der Waals surface area contributed by atoms with E-state index in [1.165, 1.54) is 0 Å². The van der Waals surface area contributed by atoms with E-state index in [-0.39, 0.29) is 0 Å². The normalized spacial score (nSPS) is 22.8. The summed E-state index contributed by atoms with van der Waals surface area (Å²) in [4.78, 5) is 15.0. The molecule has 1 fully saturated rings. The zero-order chi connectivity index (χ0) is 13.4. The van der Waals surface area contributed by atoms with E-state index in [0.29, 0.717) is 30.3 Å². The fourth-order valence-electron chi connectivity index (χ4n) is 2.00. The Morgan fingerprint density at radius 1 is 1.53 bits per heavy atom. The average Bonchev–Trinajstić information content (AvgIpc) is 3.07. The first-order valence-electron chi connectivity index (χ1n) is 5.85. The third kappa shape index (κ3) is 2.22. The van der Waals surface area contributed by atoms with Gasteiger partial charge < -0.3 is 14.4 Å². The minimum atomic E-state index is -0.966. The van der Waals surface area contributed by atoms with Crippen molar-refractivity contribution in [2.75, 3.05) is 0 Å². The van der Waals surface area contributed by atoms with Crippen LogP contribution in [0.5, 0.6) is 0 Å². The smallest absolute Gasteiger partial charge is 0.332 e. The third-order valence-corrected chi connectivity index (χ3v) is 2.95. The highest BCUT2D eigenvalue weighted by atomic mass is 16.5. The minimum absolute atomic E-state index is 0.296. The first-order valence-corrected chi connectivity index (χ1v) is 5.85. The number of carbonyl (C=O) groups is 1. The molecule has 2 unspecified atom stereocenters. The van der Waals surface area contributed by atoms with Crippen molar-refractivity contribution >= 4 is 5.97 Å². The van der Waals surface area contributed by atoms with Crippen LogP contribution in [-0.4, -0.2) is 37.1 Å². The molecule has 0 aliphatic carbocycles. The molecule has 0 aromatic carbocycles. The van der Waals surface area contributed by atoms with E-state index in [1.807, 2.05) is 0 Å². The lowest BCUT2D eigenvalue weighted by Gasteiger charge is -2.05. The van der Waals surface area contributed by atoms with Crippen LogP contribution >= 0.6 is 0 Å². The van der Waals surface area contributed by atoms with Gasteiger partial charge in [-0.25, -0.2) is 4.79 Å². The van der Waals surface area contributed by atoms with Crippen molar-refractivity contribution in [1.29, 1.82) is 0 Å². The zero-order valence-electron chi connectivity index (χ0n) is 10.2. The topological polar surface area (TPSA) is 103 Å². The van der Waals surface area contributed by atoms with Crippen LogP contribution in [0.3, 0.4) is 0 Å². The van der Waals surface area contributed by atoms with E-state index >= 15 is 0 Å². The molecule has 3 rings (SSSR count). The predicted molar refractivity (Wildman–Crippen MR) is 61.0 cm³/mol. The number of aryl methyl sites for hydroxylation is 1. The maximum atomic E-state index is 10.8. The van der Waals surface area contributed by atoms with E-state index in [4.69, 9.17) is 14.4 Å². The van der Waals surface area contributed by atoms with Gasteiger partial charge in [-0.1, -0.05) is 5.16 Å². The molecule has 1 saturated heterocycles. The Kier molecular flexibility index (Phi) is 2.79. The van der Waals surface area contributed by atoms with Gasteiger partial charge in [-0.3, -0.25) is 4.68 Å². The van der Waals surface area contributed by atoms with Crippen LogP contribution in [0, 0.1) is 0 Å². The summed E-state index contributed by atoms with van der Waals surface area (Å²) in [6, 6.07) is 1.77. The van der Waals surface area contributed by atoms with E-state index < -0.39 is 18.2 Å². The molecule has 19 heavy (non-hydrogen) atoms. The van der Waals surface area contributed by atoms with Crippen LogP contribution in [0.15, 0.2) is 16.8 Å². The van der Waals surface area contributed by atoms with Crippen molar-refractivity contribution in [2.45, 2.75) is 25.0 Å². The van der Waals surface area contributed by atoms with Crippen molar-refractivity contribution in [2.24, 2.45) is 7.05 Å². The number of aromatic nitrogens is 4. The van der Waals surface area contributed by atoms with Crippen molar-refractivity contribution in [3.05, 3.63) is 18.2 Å². The van der Waals surface area contributed by atoms with E-state index in [0.717, 1.165) is 0 Å². The maximum absolute atomic E-state index is 10.8. The van der Waals surface area contributed by atoms with Gasteiger partial charge in [0, 0.05) is 13.2 Å². The van der Waals surface area contributed by atoms with Crippen molar-refractivity contribution in [1.82, 2.24) is 19.9 Å². The Labute approximate surface area is 108 Å². The molecule has 1 N–H and O–H groups in total. The largest absolute Gasteiger partial charge is 0.479 e. The first-order chi connectivity index (χ1) is 9.13. The molecule has 0 amide bonds. The van der Waals surface area contributed by atoms with Gasteiger partial charge in [-0.05, 0) is 18.9 Å². The van der Waals surface area contributed by atoms with Crippen LogP contribution < -0.4 is 0 Å². The van der Waals surface area contributed by atoms with Gasteiger partial charge in [-0.2, -0.15) is 10.1 Å². The molecule has 8 heteroatoms. The molecular weight excluding hydrogens is 252 g/mol. The molecule has 2 atom stereocenters. The number of rotatable bonds is 3. The molecule has 100 valence electrons. The molecule has 8 nitrogen and oxygen atoms in total. The molecule has 3 heterocycles. The molecule has 1 aliphatic heterocycles. The van der Waals surface area contributed by atoms with Crippen LogP contribution in [0.1, 0.15) is 24.8 Å². The molecule has 0 saturated carbocycles. The second-order valence-electron chi connectivity index (χ2n) is 4.36. The monoisotopic (exact) mass is 264 g/mol. The number of ether oxygens (including phenoxy) is 1. The Morgan fingerprint density at radius 3 is 3.00 bits per heavy atom. The molecule has 1 aliphatic rings. The quantitative estimate of drug-likeness (QED) is 0.873. The summed E-state index contributed by atoms with van der Waals surface area (Å²) in [7, 11) is 1.79. The summed E-state index contributed by atoms with van der Waals surface area (Å²) in [6.07, 6.45) is 1.53. The number of nitrogens with zero attached hydrogens (tertiary/aromatic N) is 4. The van der Waals surface area contributed by atoms with Gasteiger partial charge in [0.25, 0.3) is 5.89 Å². The van der Waals surface area contributed by atoms with Crippen LogP contribution in [-0.2, 0) is 16.6 Å². The SMILES string of the molecule is Cn1ccc(-c2noc(C3CCC(C(=O)O)O3)n2)n1. The average molecular weight is 264 g/mol. The Morgan fingerprint density at radius 2 is 2.37 bits per heavy atom. The maximum Gasteiger partial charge on any atom is 0.332 e. The highest BCUT2D eigenvalue weighted by Crippen LogP contribution is 2.32. The van der Waals surface area contributed by atoms with E-state index in [1.54, 1.807) is 24.0 Å². The number of carboxylic acid groups (broad SMARTS) is 1. The molecule has 0 bridgehead atoms. The molecule has 2 aromatic heterocycles. The van der Waals surface area contributed by atoms with E-state index in [2.05, 4.69) is 15.2 Å². The number of carboxylic acids is 1. The third-order valence-electron chi connectivity index (χ3n) is 2.95. The highest BCUT2D eigenvalue weighted by Gasteiger charge is 2.34. The number of aliphatic carboxylic acids is 1. The lowest BCUT2D eigenvalue weighted by atomic mass is 10.2. The Hall–Kier alpha value is -2.22. The van der Waals surface area contributed by atoms with Crippen molar-refractivity contribution in [3.63, 3.8) is 0 Å². The summed E-state index contributed by atoms with van der Waals surface area (Å²) in [5, 5.41) is 16.8.